The van der Waals surface area contributed by atoms with Crippen LogP contribution in [0.25, 0.3) is 0 Å². The zero-order valence-electron chi connectivity index (χ0n) is 11.5. The van der Waals surface area contributed by atoms with Crippen LogP contribution in [0.3, 0.4) is 0 Å². The number of rotatable bonds is 8. The van der Waals surface area contributed by atoms with E-state index < -0.39 is 0 Å². The van der Waals surface area contributed by atoms with Crippen LogP contribution in [0.4, 0.5) is 0 Å². The average Bonchev–Trinajstić information content (AvgIpc) is 2.38. The van der Waals surface area contributed by atoms with Crippen molar-refractivity contribution in [3.05, 3.63) is 45.5 Å². The third kappa shape index (κ3) is 6.98. The summed E-state index contributed by atoms with van der Waals surface area (Å²) >= 11 is 11.9. The van der Waals surface area contributed by atoms with Crippen LogP contribution < -0.4 is 5.32 Å². The number of hydrogen-bond acceptors (Lipinski definition) is 2. The van der Waals surface area contributed by atoms with E-state index in [-0.39, 0.29) is 0 Å². The van der Waals surface area contributed by atoms with Gasteiger partial charge in [-0.3, -0.25) is 0 Å². The lowest BCUT2D eigenvalue weighted by atomic mass is 10.1. The number of ether oxygens (including phenoxy) is 1. The molecule has 106 valence electrons. The summed E-state index contributed by atoms with van der Waals surface area (Å²) in [6.45, 7) is 4.77. The molecule has 0 aliphatic carbocycles. The van der Waals surface area contributed by atoms with Gasteiger partial charge in [-0.2, -0.15) is 0 Å². The van der Waals surface area contributed by atoms with Crippen LogP contribution in [0.2, 0.25) is 10.0 Å². The third-order valence-electron chi connectivity index (χ3n) is 2.76. The Morgan fingerprint density at radius 3 is 2.74 bits per heavy atom. The topological polar surface area (TPSA) is 21.3 Å². The summed E-state index contributed by atoms with van der Waals surface area (Å²) in [5, 5.41) is 4.54. The first-order valence-corrected chi connectivity index (χ1v) is 7.18. The molecule has 0 aliphatic rings. The Kier molecular flexibility index (Phi) is 8.15. The van der Waals surface area contributed by atoms with Crippen molar-refractivity contribution in [3.63, 3.8) is 0 Å². The van der Waals surface area contributed by atoms with Gasteiger partial charge in [0.05, 0.1) is 16.7 Å². The van der Waals surface area contributed by atoms with Crippen molar-refractivity contribution < 1.29 is 4.74 Å². The van der Waals surface area contributed by atoms with Gasteiger partial charge in [-0.15, -0.1) is 0 Å². The second kappa shape index (κ2) is 9.38. The van der Waals surface area contributed by atoms with Crippen molar-refractivity contribution in [2.75, 3.05) is 26.8 Å². The highest BCUT2D eigenvalue weighted by atomic mass is 35.5. The molecular weight excluding hydrogens is 281 g/mol. The standard InChI is InChI=1S/C15H21Cl2NO/c1-12(4-3-7-18-8-9-19-2)10-13-5-6-14(16)15(17)11-13/h4-6,11,18H,3,7-10H2,1-2H3. The van der Waals surface area contributed by atoms with Crippen molar-refractivity contribution in [1.29, 1.82) is 0 Å². The van der Waals surface area contributed by atoms with Gasteiger partial charge < -0.3 is 10.1 Å². The highest BCUT2D eigenvalue weighted by molar-refractivity contribution is 6.42. The first-order chi connectivity index (χ1) is 9.13. The lowest BCUT2D eigenvalue weighted by molar-refractivity contribution is 0.199. The van der Waals surface area contributed by atoms with Gasteiger partial charge >= 0.3 is 0 Å². The predicted molar refractivity (Wildman–Crippen MR) is 83.3 cm³/mol. The molecule has 0 aromatic heterocycles. The number of benzene rings is 1. The summed E-state index contributed by atoms with van der Waals surface area (Å²) < 4.78 is 4.97. The second-order valence-electron chi connectivity index (χ2n) is 4.51. The SMILES string of the molecule is COCCNCCC=C(C)Cc1ccc(Cl)c(Cl)c1. The number of methoxy groups -OCH3 is 1. The van der Waals surface area contributed by atoms with Gasteiger partial charge in [0.25, 0.3) is 0 Å². The Labute approximate surface area is 125 Å². The Morgan fingerprint density at radius 1 is 1.26 bits per heavy atom. The van der Waals surface area contributed by atoms with Crippen LogP contribution in [-0.2, 0) is 11.2 Å². The lowest BCUT2D eigenvalue weighted by Crippen LogP contribution is -2.19. The van der Waals surface area contributed by atoms with Crippen molar-refractivity contribution in [3.8, 4) is 0 Å². The minimum Gasteiger partial charge on any atom is -0.383 e. The molecule has 0 atom stereocenters. The van der Waals surface area contributed by atoms with E-state index >= 15 is 0 Å². The van der Waals surface area contributed by atoms with Crippen molar-refractivity contribution in [2.24, 2.45) is 0 Å². The van der Waals surface area contributed by atoms with E-state index in [1.807, 2.05) is 18.2 Å². The van der Waals surface area contributed by atoms with Gasteiger partial charge in [0.15, 0.2) is 0 Å². The molecule has 1 aromatic rings. The minimum atomic E-state index is 0.606. The van der Waals surface area contributed by atoms with E-state index in [0.717, 1.165) is 32.5 Å². The van der Waals surface area contributed by atoms with Gasteiger partial charge in [-0.1, -0.05) is 40.9 Å². The van der Waals surface area contributed by atoms with Gasteiger partial charge in [0.2, 0.25) is 0 Å². The van der Waals surface area contributed by atoms with Crippen molar-refractivity contribution >= 4 is 23.2 Å². The number of allylic oxidation sites excluding steroid dienone is 1. The average molecular weight is 302 g/mol. The maximum absolute atomic E-state index is 6.00. The third-order valence-corrected chi connectivity index (χ3v) is 3.50. The molecule has 0 fully saturated rings. The van der Waals surface area contributed by atoms with Gasteiger partial charge in [0.1, 0.15) is 0 Å². The quantitative estimate of drug-likeness (QED) is 0.576. The summed E-state index contributed by atoms with van der Waals surface area (Å²) in [7, 11) is 1.71. The second-order valence-corrected chi connectivity index (χ2v) is 5.32. The fraction of sp³-hybridized carbons (Fsp3) is 0.467. The summed E-state index contributed by atoms with van der Waals surface area (Å²) in [5.41, 5.74) is 2.53. The Morgan fingerprint density at radius 2 is 2.05 bits per heavy atom. The maximum atomic E-state index is 6.00. The Hall–Kier alpha value is -0.540. The van der Waals surface area contributed by atoms with Crippen molar-refractivity contribution in [2.45, 2.75) is 19.8 Å². The normalized spacial score (nSPS) is 11.9. The number of nitrogens with one attached hydrogen (secondary N) is 1. The molecule has 0 spiro atoms. The summed E-state index contributed by atoms with van der Waals surface area (Å²) in [5.74, 6) is 0. The van der Waals surface area contributed by atoms with E-state index in [1.54, 1.807) is 7.11 Å². The molecule has 0 heterocycles. The molecule has 19 heavy (non-hydrogen) atoms. The molecule has 1 N–H and O–H groups in total. The number of halogens is 2. The zero-order chi connectivity index (χ0) is 14.1. The monoisotopic (exact) mass is 301 g/mol. The molecule has 0 saturated heterocycles. The largest absolute Gasteiger partial charge is 0.383 e. The summed E-state index contributed by atoms with van der Waals surface area (Å²) in [6, 6.07) is 5.79. The Bertz CT molecular complexity index is 419. The molecule has 0 unspecified atom stereocenters. The molecule has 0 amide bonds. The molecule has 0 saturated carbocycles. The van der Waals surface area contributed by atoms with Crippen LogP contribution in [0.1, 0.15) is 18.9 Å². The molecule has 2 nitrogen and oxygen atoms in total. The van der Waals surface area contributed by atoms with Crippen molar-refractivity contribution in [1.82, 2.24) is 5.32 Å². The summed E-state index contributed by atoms with van der Waals surface area (Å²) in [4.78, 5) is 0. The molecule has 0 aliphatic heterocycles. The lowest BCUT2D eigenvalue weighted by Gasteiger charge is -2.05. The van der Waals surface area contributed by atoms with Crippen LogP contribution in [-0.4, -0.2) is 26.8 Å². The molecule has 1 aromatic carbocycles. The van der Waals surface area contributed by atoms with E-state index in [4.69, 9.17) is 27.9 Å². The highest BCUT2D eigenvalue weighted by Crippen LogP contribution is 2.23. The molecule has 0 radical (unpaired) electrons. The van der Waals surface area contributed by atoms with Gasteiger partial charge in [-0.05, 0) is 44.0 Å². The smallest absolute Gasteiger partial charge is 0.0595 e. The van der Waals surface area contributed by atoms with Gasteiger partial charge in [-0.25, -0.2) is 0 Å². The summed E-state index contributed by atoms with van der Waals surface area (Å²) in [6.07, 6.45) is 4.19. The van der Waals surface area contributed by atoms with E-state index in [9.17, 15) is 0 Å². The minimum absolute atomic E-state index is 0.606. The molecule has 1 rings (SSSR count). The highest BCUT2D eigenvalue weighted by Gasteiger charge is 2.00. The fourth-order valence-electron chi connectivity index (χ4n) is 1.76. The first-order valence-electron chi connectivity index (χ1n) is 6.42. The Balaban J connectivity index is 2.32. The first kappa shape index (κ1) is 16.5. The van der Waals surface area contributed by atoms with Crippen LogP contribution >= 0.6 is 23.2 Å². The fourth-order valence-corrected chi connectivity index (χ4v) is 2.08. The molecular formula is C15H21Cl2NO. The van der Waals surface area contributed by atoms with E-state index in [1.165, 1.54) is 11.1 Å². The van der Waals surface area contributed by atoms with Crippen LogP contribution in [0, 0.1) is 0 Å². The van der Waals surface area contributed by atoms with Crippen LogP contribution in [0.15, 0.2) is 29.8 Å². The predicted octanol–water partition coefficient (Wildman–Crippen LogP) is 4.11. The van der Waals surface area contributed by atoms with Gasteiger partial charge in [0, 0.05) is 13.7 Å². The van der Waals surface area contributed by atoms with Crippen LogP contribution in [0.5, 0.6) is 0 Å². The molecule has 4 heteroatoms. The maximum Gasteiger partial charge on any atom is 0.0595 e. The van der Waals surface area contributed by atoms with E-state index in [2.05, 4.69) is 18.3 Å². The van der Waals surface area contributed by atoms with E-state index in [0.29, 0.717) is 10.0 Å². The molecule has 0 bridgehead atoms. The number of hydrogen-bond donors (Lipinski definition) is 1. The zero-order valence-corrected chi connectivity index (χ0v) is 13.0.